The Hall–Kier alpha value is -4.00. The van der Waals surface area contributed by atoms with Crippen LogP contribution >= 0.6 is 0 Å². The van der Waals surface area contributed by atoms with Gasteiger partial charge in [0.25, 0.3) is 5.91 Å². The Labute approximate surface area is 265 Å². The van der Waals surface area contributed by atoms with E-state index in [1.54, 1.807) is 12.1 Å². The Morgan fingerprint density at radius 1 is 0.844 bits per heavy atom. The number of hydrogen-bond donors (Lipinski definition) is 4. The summed E-state index contributed by atoms with van der Waals surface area (Å²) in [6.07, 6.45) is 3.12. The zero-order valence-corrected chi connectivity index (χ0v) is 26.4. The zero-order chi connectivity index (χ0) is 33.0. The van der Waals surface area contributed by atoms with E-state index in [1.165, 1.54) is 0 Å². The third-order valence-corrected chi connectivity index (χ3v) is 7.25. The lowest BCUT2D eigenvalue weighted by Crippen LogP contribution is -2.50. The molecule has 2 aromatic carbocycles. The van der Waals surface area contributed by atoms with Crippen molar-refractivity contribution in [1.29, 1.82) is 0 Å². The highest BCUT2D eigenvalue weighted by atomic mass is 16.5. The molecule has 0 spiro atoms. The Kier molecular flexibility index (Phi) is 17.2. The van der Waals surface area contributed by atoms with E-state index < -0.39 is 18.0 Å². The lowest BCUT2D eigenvalue weighted by molar-refractivity contribution is -0.159. The fourth-order valence-corrected chi connectivity index (χ4v) is 4.94. The monoisotopic (exact) mass is 628 g/mol. The number of ether oxygens (including phenoxy) is 1. The van der Waals surface area contributed by atoms with Gasteiger partial charge in [-0.05, 0) is 49.1 Å². The molecule has 1 unspecified atom stereocenters. The van der Waals surface area contributed by atoms with Crippen LogP contribution in [-0.4, -0.2) is 125 Å². The molecule has 1 saturated heterocycles. The molecular weight excluding hydrogens is 580 g/mol. The maximum absolute atomic E-state index is 13.5. The third kappa shape index (κ3) is 14.1. The molecular formula is C33H48N4O8. The molecule has 12 nitrogen and oxygen atoms in total. The number of nitrogens with one attached hydrogen (secondary N) is 1. The highest BCUT2D eigenvalue weighted by Gasteiger charge is 2.26. The second kappa shape index (κ2) is 20.9. The molecule has 3 rings (SSSR count). The Morgan fingerprint density at radius 3 is 1.91 bits per heavy atom. The van der Waals surface area contributed by atoms with Crippen molar-refractivity contribution in [2.75, 3.05) is 65.6 Å². The summed E-state index contributed by atoms with van der Waals surface area (Å²) in [5.74, 6) is -3.12. The standard InChI is InChI=1S/C31H46N4O4.C2H2O4/c1-3-15-35(16-4-2)31(38)29(32-30(37)27-9-6-5-7-10-27)25-26-11-13-28(14-12-26)39-24-8-17-33-18-20-34(21-19-33)22-23-36;3-1(4)2(5)6/h5-7,9-14,29,36H,3-4,8,15-25H2,1-2H3,(H,32,37);(H,3,4)(H,5,6). The molecule has 0 aromatic heterocycles. The second-order valence-electron chi connectivity index (χ2n) is 10.8. The molecule has 4 N–H and O–H groups in total. The predicted molar refractivity (Wildman–Crippen MR) is 170 cm³/mol. The summed E-state index contributed by atoms with van der Waals surface area (Å²) < 4.78 is 5.97. The molecule has 0 aliphatic carbocycles. The number of carbonyl (C=O) groups excluding carboxylic acids is 2. The van der Waals surface area contributed by atoms with Gasteiger partial charge in [0.15, 0.2) is 0 Å². The van der Waals surface area contributed by atoms with E-state index in [-0.39, 0.29) is 18.4 Å². The van der Waals surface area contributed by atoms with Crippen LogP contribution in [0.15, 0.2) is 54.6 Å². The molecule has 2 aromatic rings. The number of carboxylic acid groups (broad SMARTS) is 2. The number of benzene rings is 2. The fraction of sp³-hybridized carbons (Fsp3) is 0.515. The molecule has 1 fully saturated rings. The molecule has 0 radical (unpaired) electrons. The van der Waals surface area contributed by atoms with Crippen molar-refractivity contribution in [2.24, 2.45) is 0 Å². The molecule has 0 bridgehead atoms. The van der Waals surface area contributed by atoms with Gasteiger partial charge in [-0.15, -0.1) is 0 Å². The van der Waals surface area contributed by atoms with Gasteiger partial charge in [0.2, 0.25) is 5.91 Å². The van der Waals surface area contributed by atoms with Gasteiger partial charge < -0.3 is 35.2 Å². The molecule has 1 heterocycles. The number of rotatable bonds is 16. The van der Waals surface area contributed by atoms with Gasteiger partial charge in [0.05, 0.1) is 13.2 Å². The minimum absolute atomic E-state index is 0.0412. The van der Waals surface area contributed by atoms with Gasteiger partial charge in [-0.2, -0.15) is 0 Å². The average Bonchev–Trinajstić information content (AvgIpc) is 3.04. The molecule has 248 valence electrons. The zero-order valence-electron chi connectivity index (χ0n) is 26.4. The quantitative estimate of drug-likeness (QED) is 0.160. The van der Waals surface area contributed by atoms with Crippen LogP contribution in [0, 0.1) is 0 Å². The Morgan fingerprint density at radius 2 is 1.40 bits per heavy atom. The highest BCUT2D eigenvalue weighted by Crippen LogP contribution is 2.16. The van der Waals surface area contributed by atoms with Gasteiger partial charge in [-0.25, -0.2) is 9.59 Å². The maximum atomic E-state index is 13.5. The Bertz CT molecular complexity index is 1150. The van der Waals surface area contributed by atoms with Gasteiger partial charge in [-0.1, -0.05) is 44.2 Å². The topological polar surface area (TPSA) is 160 Å². The predicted octanol–water partition coefficient (Wildman–Crippen LogP) is 2.21. The summed E-state index contributed by atoms with van der Waals surface area (Å²) in [6.45, 7) is 12.2. The molecule has 2 amide bonds. The smallest absolute Gasteiger partial charge is 0.414 e. The van der Waals surface area contributed by atoms with Crippen molar-refractivity contribution in [1.82, 2.24) is 20.0 Å². The number of aliphatic hydroxyl groups is 1. The normalized spacial score (nSPS) is 14.0. The van der Waals surface area contributed by atoms with E-state index in [2.05, 4.69) is 29.0 Å². The van der Waals surface area contributed by atoms with Crippen LogP contribution in [0.3, 0.4) is 0 Å². The van der Waals surface area contributed by atoms with Crippen LogP contribution < -0.4 is 10.1 Å². The maximum Gasteiger partial charge on any atom is 0.414 e. The number of β-amino-alcohol motifs (C(OH)–C–C–N with tert-alkyl or cyclic N) is 1. The van der Waals surface area contributed by atoms with Crippen LogP contribution in [0.4, 0.5) is 0 Å². The van der Waals surface area contributed by atoms with Crippen molar-refractivity contribution in [3.8, 4) is 5.75 Å². The highest BCUT2D eigenvalue weighted by molar-refractivity contribution is 6.27. The first kappa shape index (κ1) is 37.2. The summed E-state index contributed by atoms with van der Waals surface area (Å²) in [5.41, 5.74) is 1.52. The largest absolute Gasteiger partial charge is 0.494 e. The number of hydrogen-bond acceptors (Lipinski definition) is 8. The van der Waals surface area contributed by atoms with Crippen LogP contribution in [0.2, 0.25) is 0 Å². The number of carbonyl (C=O) groups is 4. The van der Waals surface area contributed by atoms with Gasteiger partial charge in [0, 0.05) is 64.3 Å². The first-order valence-electron chi connectivity index (χ1n) is 15.6. The number of nitrogens with zero attached hydrogens (tertiary/aromatic N) is 3. The summed E-state index contributed by atoms with van der Waals surface area (Å²) in [6, 6.07) is 16.2. The molecule has 12 heteroatoms. The first-order chi connectivity index (χ1) is 21.7. The molecule has 1 aliphatic rings. The second-order valence-corrected chi connectivity index (χ2v) is 10.8. The van der Waals surface area contributed by atoms with Gasteiger partial charge in [-0.3, -0.25) is 14.5 Å². The van der Waals surface area contributed by atoms with Crippen molar-refractivity contribution in [3.63, 3.8) is 0 Å². The lowest BCUT2D eigenvalue weighted by Gasteiger charge is -2.34. The van der Waals surface area contributed by atoms with Gasteiger partial charge in [0.1, 0.15) is 11.8 Å². The van der Waals surface area contributed by atoms with E-state index in [0.717, 1.165) is 69.8 Å². The van der Waals surface area contributed by atoms with Crippen LogP contribution in [0.25, 0.3) is 0 Å². The SMILES string of the molecule is CCCN(CCC)C(=O)C(Cc1ccc(OCCCN2CCN(CCO)CC2)cc1)NC(=O)c1ccccc1.O=C(O)C(=O)O. The first-order valence-corrected chi connectivity index (χ1v) is 15.6. The van der Waals surface area contributed by atoms with Crippen molar-refractivity contribution < 1.29 is 39.2 Å². The van der Waals surface area contributed by atoms with E-state index in [4.69, 9.17) is 29.6 Å². The molecule has 45 heavy (non-hydrogen) atoms. The number of aliphatic carboxylic acids is 2. The van der Waals surface area contributed by atoms with Crippen LogP contribution in [0.1, 0.15) is 49.0 Å². The lowest BCUT2D eigenvalue weighted by atomic mass is 10.0. The minimum atomic E-state index is -1.82. The summed E-state index contributed by atoms with van der Waals surface area (Å²) >= 11 is 0. The van der Waals surface area contributed by atoms with Crippen molar-refractivity contribution in [2.45, 2.75) is 45.6 Å². The van der Waals surface area contributed by atoms with Crippen molar-refractivity contribution in [3.05, 3.63) is 65.7 Å². The van der Waals surface area contributed by atoms with Crippen LogP contribution in [-0.2, 0) is 20.8 Å². The van der Waals surface area contributed by atoms with E-state index >= 15 is 0 Å². The summed E-state index contributed by atoms with van der Waals surface area (Å²) in [4.78, 5) is 51.2. The molecule has 1 aliphatic heterocycles. The minimum Gasteiger partial charge on any atom is -0.494 e. The van der Waals surface area contributed by atoms with E-state index in [0.29, 0.717) is 31.7 Å². The number of carboxylic acids is 2. The van der Waals surface area contributed by atoms with Gasteiger partial charge >= 0.3 is 11.9 Å². The van der Waals surface area contributed by atoms with Crippen LogP contribution in [0.5, 0.6) is 5.75 Å². The number of aliphatic hydroxyl groups excluding tert-OH is 1. The third-order valence-electron chi connectivity index (χ3n) is 7.25. The molecule has 1 atom stereocenters. The fourth-order valence-electron chi connectivity index (χ4n) is 4.94. The molecule has 0 saturated carbocycles. The Balaban J connectivity index is 0.00000107. The van der Waals surface area contributed by atoms with E-state index in [9.17, 15) is 9.59 Å². The average molecular weight is 629 g/mol. The van der Waals surface area contributed by atoms with E-state index in [1.807, 2.05) is 47.4 Å². The number of amides is 2. The summed E-state index contributed by atoms with van der Waals surface area (Å²) in [7, 11) is 0. The number of piperazine rings is 1. The van der Waals surface area contributed by atoms with Crippen molar-refractivity contribution >= 4 is 23.8 Å². The summed E-state index contributed by atoms with van der Waals surface area (Å²) in [5, 5.41) is 26.9.